The molecule has 0 spiro atoms. The zero-order valence-corrected chi connectivity index (χ0v) is 18.2. The number of methoxy groups -OCH3 is 1. The number of primary amides is 1. The first-order valence-electron chi connectivity index (χ1n) is 10.7. The van der Waals surface area contributed by atoms with Crippen LogP contribution in [0.5, 0.6) is 5.75 Å². The molecule has 2 N–H and O–H groups in total. The van der Waals surface area contributed by atoms with Crippen LogP contribution in [0.2, 0.25) is 0 Å². The van der Waals surface area contributed by atoms with Crippen LogP contribution in [0.3, 0.4) is 0 Å². The number of carbonyl (C=O) groups is 2. The first-order valence-corrected chi connectivity index (χ1v) is 10.7. The highest BCUT2D eigenvalue weighted by atomic mass is 16.5. The van der Waals surface area contributed by atoms with Crippen LogP contribution in [0, 0.1) is 5.41 Å². The molecule has 0 unspecified atom stereocenters. The van der Waals surface area contributed by atoms with Crippen molar-refractivity contribution in [3.63, 3.8) is 0 Å². The van der Waals surface area contributed by atoms with Crippen LogP contribution in [0.15, 0.2) is 73.1 Å². The number of likely N-dealkylation sites (tertiary alicyclic amines) is 1. The topological polar surface area (TPSA) is 85.5 Å². The zero-order chi connectivity index (χ0) is 22.6. The van der Waals surface area contributed by atoms with Crippen molar-refractivity contribution in [2.75, 3.05) is 20.2 Å². The number of amides is 2. The summed E-state index contributed by atoms with van der Waals surface area (Å²) in [5, 5.41) is 0. The summed E-state index contributed by atoms with van der Waals surface area (Å²) in [6.45, 7) is 0.899. The monoisotopic (exact) mass is 429 g/mol. The van der Waals surface area contributed by atoms with E-state index < -0.39 is 5.41 Å². The molecule has 2 aromatic carbocycles. The number of hydrogen-bond acceptors (Lipinski definition) is 4. The third-order valence-corrected chi connectivity index (χ3v) is 6.17. The second-order valence-electron chi connectivity index (χ2n) is 8.33. The number of aromatic nitrogens is 1. The van der Waals surface area contributed by atoms with Gasteiger partial charge < -0.3 is 15.4 Å². The molecule has 1 aromatic heterocycles. The smallest absolute Gasteiger partial charge is 0.254 e. The van der Waals surface area contributed by atoms with Crippen LogP contribution in [0.25, 0.3) is 11.1 Å². The molecule has 3 aromatic rings. The molecule has 4 rings (SSSR count). The number of carbonyl (C=O) groups excluding carboxylic acids is 2. The van der Waals surface area contributed by atoms with Crippen molar-refractivity contribution in [3.05, 3.63) is 84.2 Å². The molecule has 1 aliphatic rings. The second kappa shape index (κ2) is 9.22. The number of hydrogen-bond donors (Lipinski definition) is 1. The van der Waals surface area contributed by atoms with Gasteiger partial charge in [-0.2, -0.15) is 0 Å². The number of pyridine rings is 1. The van der Waals surface area contributed by atoms with Gasteiger partial charge in [-0.15, -0.1) is 0 Å². The van der Waals surface area contributed by atoms with Gasteiger partial charge in [-0.25, -0.2) is 0 Å². The second-order valence-corrected chi connectivity index (χ2v) is 8.33. The lowest BCUT2D eigenvalue weighted by atomic mass is 9.74. The average molecular weight is 430 g/mol. The standard InChI is InChI=1S/C26H27N3O3/c1-32-23-10-3-8-21(15-23)24(30)29-13-5-11-26(18-29,25(27)31)16-19-6-2-7-20(14-19)22-9-4-12-28-17-22/h2-4,6-10,12,14-15,17H,5,11,13,16,18H2,1H3,(H2,27,31)/t26-/m0/s1. The van der Waals surface area contributed by atoms with Gasteiger partial charge in [0.15, 0.2) is 0 Å². The maximum Gasteiger partial charge on any atom is 0.254 e. The molecule has 0 saturated carbocycles. The molecule has 1 saturated heterocycles. The van der Waals surface area contributed by atoms with E-state index in [0.29, 0.717) is 37.2 Å². The molecule has 0 radical (unpaired) electrons. The Labute approximate surface area is 188 Å². The van der Waals surface area contributed by atoms with Gasteiger partial charge in [0, 0.05) is 31.0 Å². The minimum Gasteiger partial charge on any atom is -0.497 e. The fraction of sp³-hybridized carbons (Fsp3) is 0.269. The normalized spacial score (nSPS) is 18.2. The predicted octanol–water partition coefficient (Wildman–Crippen LogP) is 3.71. The van der Waals surface area contributed by atoms with E-state index in [2.05, 4.69) is 11.1 Å². The lowest BCUT2D eigenvalue weighted by Gasteiger charge is -2.41. The summed E-state index contributed by atoms with van der Waals surface area (Å²) < 4.78 is 5.25. The summed E-state index contributed by atoms with van der Waals surface area (Å²) in [6.07, 6.45) is 5.42. The first-order chi connectivity index (χ1) is 15.5. The minimum absolute atomic E-state index is 0.113. The van der Waals surface area contributed by atoms with E-state index in [-0.39, 0.29) is 11.8 Å². The Morgan fingerprint density at radius 2 is 1.91 bits per heavy atom. The van der Waals surface area contributed by atoms with E-state index in [1.165, 1.54) is 0 Å². The van der Waals surface area contributed by atoms with Crippen LogP contribution in [0.1, 0.15) is 28.8 Å². The van der Waals surface area contributed by atoms with Gasteiger partial charge in [0.1, 0.15) is 5.75 Å². The van der Waals surface area contributed by atoms with Crippen molar-refractivity contribution < 1.29 is 14.3 Å². The van der Waals surface area contributed by atoms with Crippen LogP contribution < -0.4 is 10.5 Å². The van der Waals surface area contributed by atoms with E-state index in [0.717, 1.165) is 23.1 Å². The van der Waals surface area contributed by atoms with Crippen LogP contribution in [-0.2, 0) is 11.2 Å². The Morgan fingerprint density at radius 3 is 2.66 bits per heavy atom. The Morgan fingerprint density at radius 1 is 1.09 bits per heavy atom. The SMILES string of the molecule is COc1cccc(C(=O)N2CCC[C@@](Cc3cccc(-c4cccnc4)c3)(C(N)=O)C2)c1. The summed E-state index contributed by atoms with van der Waals surface area (Å²) in [7, 11) is 1.57. The summed E-state index contributed by atoms with van der Waals surface area (Å²) in [6, 6.07) is 19.1. The molecule has 6 heteroatoms. The molecular weight excluding hydrogens is 402 g/mol. The van der Waals surface area contributed by atoms with Gasteiger partial charge in [0.2, 0.25) is 5.91 Å². The fourth-order valence-corrected chi connectivity index (χ4v) is 4.46. The van der Waals surface area contributed by atoms with Crippen LogP contribution >= 0.6 is 0 Å². The van der Waals surface area contributed by atoms with E-state index in [4.69, 9.17) is 10.5 Å². The Hall–Kier alpha value is -3.67. The number of benzene rings is 2. The molecular formula is C26H27N3O3. The minimum atomic E-state index is -0.805. The number of nitrogens with two attached hydrogens (primary N) is 1. The third-order valence-electron chi connectivity index (χ3n) is 6.17. The lowest BCUT2D eigenvalue weighted by molar-refractivity contribution is -0.130. The molecule has 164 valence electrons. The van der Waals surface area contributed by atoms with E-state index in [9.17, 15) is 9.59 Å². The van der Waals surface area contributed by atoms with Crippen LogP contribution in [0.4, 0.5) is 0 Å². The number of ether oxygens (including phenoxy) is 1. The molecule has 6 nitrogen and oxygen atoms in total. The first kappa shape index (κ1) is 21.6. The van der Waals surface area contributed by atoms with Crippen molar-refractivity contribution >= 4 is 11.8 Å². The number of rotatable bonds is 6. The van der Waals surface area contributed by atoms with Crippen molar-refractivity contribution in [3.8, 4) is 16.9 Å². The maximum atomic E-state index is 13.2. The quantitative estimate of drug-likeness (QED) is 0.647. The predicted molar refractivity (Wildman–Crippen MR) is 123 cm³/mol. The molecule has 0 bridgehead atoms. The highest BCUT2D eigenvalue weighted by Gasteiger charge is 2.42. The average Bonchev–Trinajstić information content (AvgIpc) is 2.84. The largest absolute Gasteiger partial charge is 0.497 e. The molecule has 1 fully saturated rings. The number of nitrogens with zero attached hydrogens (tertiary/aromatic N) is 2. The molecule has 2 heterocycles. The Bertz CT molecular complexity index is 1120. The fourth-order valence-electron chi connectivity index (χ4n) is 4.46. The molecule has 1 aliphatic heterocycles. The van der Waals surface area contributed by atoms with Crippen molar-refractivity contribution in [1.29, 1.82) is 0 Å². The summed E-state index contributed by atoms with van der Waals surface area (Å²) >= 11 is 0. The van der Waals surface area contributed by atoms with Gasteiger partial charge >= 0.3 is 0 Å². The van der Waals surface area contributed by atoms with E-state index in [1.807, 2.05) is 36.5 Å². The highest BCUT2D eigenvalue weighted by molar-refractivity contribution is 5.95. The van der Waals surface area contributed by atoms with E-state index >= 15 is 0 Å². The highest BCUT2D eigenvalue weighted by Crippen LogP contribution is 2.35. The Balaban J connectivity index is 1.58. The molecule has 32 heavy (non-hydrogen) atoms. The Kier molecular flexibility index (Phi) is 6.21. The summed E-state index contributed by atoms with van der Waals surface area (Å²) in [5.41, 5.74) is 8.75. The van der Waals surface area contributed by atoms with E-state index in [1.54, 1.807) is 42.5 Å². The van der Waals surface area contributed by atoms with Gasteiger partial charge in [0.25, 0.3) is 5.91 Å². The van der Waals surface area contributed by atoms with Gasteiger partial charge in [0.05, 0.1) is 12.5 Å². The van der Waals surface area contributed by atoms with Crippen LogP contribution in [-0.4, -0.2) is 41.9 Å². The van der Waals surface area contributed by atoms with Gasteiger partial charge in [-0.1, -0.05) is 36.4 Å². The summed E-state index contributed by atoms with van der Waals surface area (Å²) in [4.78, 5) is 31.8. The van der Waals surface area contributed by atoms with Gasteiger partial charge in [-0.05, 0) is 60.2 Å². The van der Waals surface area contributed by atoms with Crippen molar-refractivity contribution in [1.82, 2.24) is 9.88 Å². The lowest BCUT2D eigenvalue weighted by Crippen LogP contribution is -2.53. The van der Waals surface area contributed by atoms with Gasteiger partial charge in [-0.3, -0.25) is 14.6 Å². The third kappa shape index (κ3) is 4.49. The molecule has 2 amide bonds. The molecule has 1 atom stereocenters. The molecule has 0 aliphatic carbocycles. The van der Waals surface area contributed by atoms with Crippen molar-refractivity contribution in [2.45, 2.75) is 19.3 Å². The number of piperidine rings is 1. The maximum absolute atomic E-state index is 13.2. The zero-order valence-electron chi connectivity index (χ0n) is 18.2. The summed E-state index contributed by atoms with van der Waals surface area (Å²) in [5.74, 6) is 0.145. The van der Waals surface area contributed by atoms with Crippen molar-refractivity contribution in [2.24, 2.45) is 11.1 Å².